The summed E-state index contributed by atoms with van der Waals surface area (Å²) in [5.74, 6) is 0.801. The third-order valence-corrected chi connectivity index (χ3v) is 5.99. The fraction of sp³-hybridized carbons (Fsp3) is 0.583. The van der Waals surface area contributed by atoms with Crippen molar-refractivity contribution in [1.29, 1.82) is 0 Å². The fourth-order valence-electron chi connectivity index (χ4n) is 4.27. The van der Waals surface area contributed by atoms with Gasteiger partial charge in [-0.2, -0.15) is 5.10 Å². The van der Waals surface area contributed by atoms with Crippen LogP contribution in [0.2, 0.25) is 0 Å². The molecule has 3 rings (SSSR count). The van der Waals surface area contributed by atoms with Crippen molar-refractivity contribution in [2.24, 2.45) is 5.92 Å². The van der Waals surface area contributed by atoms with E-state index < -0.39 is 0 Å². The van der Waals surface area contributed by atoms with Gasteiger partial charge in [0.15, 0.2) is 0 Å². The Labute approximate surface area is 175 Å². The van der Waals surface area contributed by atoms with Crippen molar-refractivity contribution in [1.82, 2.24) is 20.0 Å². The van der Waals surface area contributed by atoms with Gasteiger partial charge in [0.2, 0.25) is 5.91 Å². The molecular formula is C24H36N4O. The molecule has 1 aliphatic heterocycles. The summed E-state index contributed by atoms with van der Waals surface area (Å²) in [5.41, 5.74) is 6.05. The molecule has 0 aliphatic carbocycles. The molecule has 1 amide bonds. The molecule has 29 heavy (non-hydrogen) atoms. The smallest absolute Gasteiger partial charge is 0.223 e. The summed E-state index contributed by atoms with van der Waals surface area (Å²) in [7, 11) is 0. The summed E-state index contributed by atoms with van der Waals surface area (Å²) in [6.07, 6.45) is 2.34. The predicted octanol–water partition coefficient (Wildman–Crippen LogP) is 3.82. The van der Waals surface area contributed by atoms with Gasteiger partial charge in [-0.05, 0) is 49.3 Å². The summed E-state index contributed by atoms with van der Waals surface area (Å²) in [5, 5.41) is 8.15. The lowest BCUT2D eigenvalue weighted by Crippen LogP contribution is -2.48. The zero-order valence-electron chi connectivity index (χ0n) is 18.7. The van der Waals surface area contributed by atoms with E-state index in [2.05, 4.69) is 73.8 Å². The molecule has 1 fully saturated rings. The number of carbonyl (C=O) groups is 1. The van der Waals surface area contributed by atoms with Crippen molar-refractivity contribution in [2.45, 2.75) is 66.5 Å². The Balaban J connectivity index is 1.69. The monoisotopic (exact) mass is 396 g/mol. The number of carbonyl (C=O) groups excluding carboxylic acids is 1. The summed E-state index contributed by atoms with van der Waals surface area (Å²) in [4.78, 5) is 15.2. The van der Waals surface area contributed by atoms with Gasteiger partial charge < -0.3 is 10.2 Å². The molecular weight excluding hydrogens is 360 g/mol. The second-order valence-corrected chi connectivity index (χ2v) is 8.63. The van der Waals surface area contributed by atoms with Crippen LogP contribution in [0.1, 0.15) is 61.3 Å². The summed E-state index contributed by atoms with van der Waals surface area (Å²) < 4.78 is 2.10. The van der Waals surface area contributed by atoms with E-state index in [0.717, 1.165) is 44.7 Å². The van der Waals surface area contributed by atoms with Crippen molar-refractivity contribution >= 4 is 5.91 Å². The normalized spacial score (nSPS) is 17.2. The maximum Gasteiger partial charge on any atom is 0.223 e. The second-order valence-electron chi connectivity index (χ2n) is 8.63. The van der Waals surface area contributed by atoms with E-state index in [1.54, 1.807) is 0 Å². The predicted molar refractivity (Wildman–Crippen MR) is 118 cm³/mol. The number of amides is 1. The molecule has 158 valence electrons. The minimum absolute atomic E-state index is 0.119. The highest BCUT2D eigenvalue weighted by molar-refractivity contribution is 5.77. The van der Waals surface area contributed by atoms with E-state index >= 15 is 0 Å². The number of aryl methyl sites for hydroxylation is 2. The van der Waals surface area contributed by atoms with Gasteiger partial charge in [-0.15, -0.1) is 0 Å². The lowest BCUT2D eigenvalue weighted by Gasteiger charge is -2.37. The lowest BCUT2D eigenvalue weighted by molar-refractivity contribution is -0.134. The Morgan fingerprint density at radius 2 is 1.97 bits per heavy atom. The van der Waals surface area contributed by atoms with Crippen molar-refractivity contribution in [2.75, 3.05) is 19.6 Å². The molecule has 1 aromatic heterocycles. The average Bonchev–Trinajstić information content (AvgIpc) is 2.98. The highest BCUT2D eigenvalue weighted by Gasteiger charge is 2.28. The fourth-order valence-corrected chi connectivity index (χ4v) is 4.27. The molecule has 5 heteroatoms. The van der Waals surface area contributed by atoms with Crippen LogP contribution in [0.15, 0.2) is 24.3 Å². The number of rotatable bonds is 7. The Morgan fingerprint density at radius 3 is 2.62 bits per heavy atom. The first-order valence-electron chi connectivity index (χ1n) is 11.0. The molecule has 1 saturated heterocycles. The molecule has 5 nitrogen and oxygen atoms in total. The van der Waals surface area contributed by atoms with Crippen LogP contribution in [-0.2, 0) is 24.2 Å². The second kappa shape index (κ2) is 9.57. The molecule has 0 spiro atoms. The number of aromatic nitrogens is 2. The zero-order valence-corrected chi connectivity index (χ0v) is 18.7. The molecule has 1 atom stereocenters. The SMILES string of the molecule is CCc1ccc(C2CNCCN2C(=O)CCc2c(C)nn(CC(C)C)c2C)cc1. The van der Waals surface area contributed by atoms with Crippen LogP contribution in [0, 0.1) is 19.8 Å². The molecule has 0 radical (unpaired) electrons. The van der Waals surface area contributed by atoms with Gasteiger partial charge in [0, 0.05) is 38.3 Å². The number of nitrogens with zero attached hydrogens (tertiary/aromatic N) is 3. The van der Waals surface area contributed by atoms with Crippen molar-refractivity contribution in [3.05, 3.63) is 52.3 Å². The van der Waals surface area contributed by atoms with E-state index in [4.69, 9.17) is 5.10 Å². The first kappa shape index (κ1) is 21.6. The van der Waals surface area contributed by atoms with E-state index in [9.17, 15) is 4.79 Å². The Hall–Kier alpha value is -2.14. The minimum atomic E-state index is 0.119. The number of hydrogen-bond donors (Lipinski definition) is 1. The van der Waals surface area contributed by atoms with Gasteiger partial charge in [0.25, 0.3) is 0 Å². The summed E-state index contributed by atoms with van der Waals surface area (Å²) in [6.45, 7) is 14.1. The van der Waals surface area contributed by atoms with Crippen molar-refractivity contribution in [3.63, 3.8) is 0 Å². The van der Waals surface area contributed by atoms with Gasteiger partial charge in [-0.25, -0.2) is 0 Å². The molecule has 0 bridgehead atoms. The molecule has 0 saturated carbocycles. The molecule has 2 heterocycles. The van der Waals surface area contributed by atoms with Crippen molar-refractivity contribution in [3.8, 4) is 0 Å². The topological polar surface area (TPSA) is 50.2 Å². The number of hydrogen-bond acceptors (Lipinski definition) is 3. The third kappa shape index (κ3) is 5.08. The van der Waals surface area contributed by atoms with Crippen LogP contribution in [0.3, 0.4) is 0 Å². The Morgan fingerprint density at radius 1 is 1.24 bits per heavy atom. The lowest BCUT2D eigenvalue weighted by atomic mass is 9.99. The average molecular weight is 397 g/mol. The van der Waals surface area contributed by atoms with Crippen LogP contribution in [-0.4, -0.2) is 40.2 Å². The Bertz CT molecular complexity index is 822. The molecule has 1 aromatic carbocycles. The van der Waals surface area contributed by atoms with Crippen molar-refractivity contribution < 1.29 is 4.79 Å². The Kier molecular flexibility index (Phi) is 7.12. The molecule has 1 aliphatic rings. The van der Waals surface area contributed by atoms with E-state index in [1.807, 2.05) is 0 Å². The number of piperazine rings is 1. The zero-order chi connectivity index (χ0) is 21.0. The van der Waals surface area contributed by atoms with Crippen LogP contribution < -0.4 is 5.32 Å². The minimum Gasteiger partial charge on any atom is -0.333 e. The highest BCUT2D eigenvalue weighted by atomic mass is 16.2. The quantitative estimate of drug-likeness (QED) is 0.774. The van der Waals surface area contributed by atoms with Gasteiger partial charge >= 0.3 is 0 Å². The van der Waals surface area contributed by atoms with Gasteiger partial charge in [0.05, 0.1) is 11.7 Å². The molecule has 1 N–H and O–H groups in total. The van der Waals surface area contributed by atoms with Crippen LogP contribution >= 0.6 is 0 Å². The molecule has 2 aromatic rings. The van der Waals surface area contributed by atoms with Crippen LogP contribution in [0.25, 0.3) is 0 Å². The number of nitrogens with one attached hydrogen (secondary N) is 1. The van der Waals surface area contributed by atoms with Gasteiger partial charge in [-0.1, -0.05) is 45.0 Å². The van der Waals surface area contributed by atoms with E-state index in [1.165, 1.54) is 22.4 Å². The third-order valence-electron chi connectivity index (χ3n) is 5.99. The van der Waals surface area contributed by atoms with E-state index in [0.29, 0.717) is 12.3 Å². The number of benzene rings is 1. The summed E-state index contributed by atoms with van der Waals surface area (Å²) >= 11 is 0. The maximum absolute atomic E-state index is 13.2. The standard InChI is InChI=1S/C24H36N4O/c1-6-20-7-9-21(10-8-20)23-15-25-13-14-27(23)24(29)12-11-22-18(4)26-28(19(22)5)16-17(2)3/h7-10,17,23,25H,6,11-16H2,1-5H3. The van der Waals surface area contributed by atoms with Crippen LogP contribution in [0.4, 0.5) is 0 Å². The largest absolute Gasteiger partial charge is 0.333 e. The molecule has 1 unspecified atom stereocenters. The van der Waals surface area contributed by atoms with E-state index in [-0.39, 0.29) is 11.9 Å². The first-order valence-corrected chi connectivity index (χ1v) is 11.0. The van der Waals surface area contributed by atoms with Gasteiger partial charge in [-0.3, -0.25) is 9.48 Å². The highest BCUT2D eigenvalue weighted by Crippen LogP contribution is 2.25. The van der Waals surface area contributed by atoms with Gasteiger partial charge in [0.1, 0.15) is 0 Å². The summed E-state index contributed by atoms with van der Waals surface area (Å²) in [6, 6.07) is 8.85. The maximum atomic E-state index is 13.2. The first-order chi connectivity index (χ1) is 13.9. The van der Waals surface area contributed by atoms with Crippen LogP contribution in [0.5, 0.6) is 0 Å².